The van der Waals surface area contributed by atoms with Crippen LogP contribution in [0.5, 0.6) is 0 Å². The molecule has 7 N–H and O–H groups in total. The summed E-state index contributed by atoms with van der Waals surface area (Å²) in [5.41, 5.74) is 8.13. The molecule has 10 unspecified atom stereocenters. The zero-order valence-electron chi connectivity index (χ0n) is 59.0. The molecule has 0 saturated carbocycles. The number of aryl methyl sites for hydroxylation is 4. The van der Waals surface area contributed by atoms with Crippen LogP contribution < -0.4 is 16.0 Å². The zero-order chi connectivity index (χ0) is 71.4. The monoisotopic (exact) mass is 1360 g/mol. The van der Waals surface area contributed by atoms with Gasteiger partial charge >= 0.3 is 23.9 Å². The van der Waals surface area contributed by atoms with Gasteiger partial charge in [0.25, 0.3) is 11.8 Å². The smallest absolute Gasteiger partial charge is 0.328 e. The summed E-state index contributed by atoms with van der Waals surface area (Å²) in [4.78, 5) is 98.3. The normalized spacial score (nSPS) is 20.5. The number of Topliss-reactive ketones (excluding diaryl/α,β-unsaturated/α-hetero) is 1. The van der Waals surface area contributed by atoms with Crippen molar-refractivity contribution in [2.45, 2.75) is 231 Å². The Morgan fingerprint density at radius 2 is 0.990 bits per heavy atom. The molecule has 0 bridgehead atoms. The molecule has 5 aromatic rings. The van der Waals surface area contributed by atoms with Crippen LogP contribution in [0.15, 0.2) is 140 Å². The molecule has 536 valence electrons. The molecular formula is C79H108N8O12. The van der Waals surface area contributed by atoms with Crippen LogP contribution in [0.2, 0.25) is 0 Å². The molecule has 0 aromatic heterocycles. The van der Waals surface area contributed by atoms with E-state index < -0.39 is 47.9 Å². The van der Waals surface area contributed by atoms with Crippen LogP contribution in [-0.4, -0.2) is 167 Å². The quantitative estimate of drug-likeness (QED) is 0.0229. The van der Waals surface area contributed by atoms with Gasteiger partial charge in [-0.05, 0) is 161 Å². The molecule has 0 radical (unpaired) electrons. The number of fused-ring (bicyclic) bond motifs is 3. The molecule has 3 saturated heterocycles. The van der Waals surface area contributed by atoms with E-state index in [0.29, 0.717) is 38.9 Å². The lowest BCUT2D eigenvalue weighted by Gasteiger charge is -2.42. The van der Waals surface area contributed by atoms with Gasteiger partial charge in [0.15, 0.2) is 5.78 Å². The van der Waals surface area contributed by atoms with Crippen LogP contribution in [0.3, 0.4) is 0 Å². The summed E-state index contributed by atoms with van der Waals surface area (Å²) in [6, 6.07) is 45.1. The van der Waals surface area contributed by atoms with Gasteiger partial charge in [0.1, 0.15) is 18.6 Å². The molecule has 5 aromatic carbocycles. The summed E-state index contributed by atoms with van der Waals surface area (Å²) in [7, 11) is 0. The highest BCUT2D eigenvalue weighted by Crippen LogP contribution is 2.32. The van der Waals surface area contributed by atoms with Crippen LogP contribution in [0.4, 0.5) is 0 Å². The fourth-order valence-corrected chi connectivity index (χ4v) is 14.1. The third-order valence-corrected chi connectivity index (χ3v) is 20.1. The summed E-state index contributed by atoms with van der Waals surface area (Å²) in [6.45, 7) is 14.9. The van der Waals surface area contributed by atoms with Gasteiger partial charge < -0.3 is 41.3 Å². The number of carboxylic acid groups (broad SMARTS) is 4. The number of carboxylic acids is 4. The average molecular weight is 1360 g/mol. The molecule has 20 nitrogen and oxygen atoms in total. The van der Waals surface area contributed by atoms with Crippen molar-refractivity contribution in [2.75, 3.05) is 26.2 Å². The molecule has 99 heavy (non-hydrogen) atoms. The third-order valence-electron chi connectivity index (χ3n) is 20.1. The molecule has 4 heterocycles. The Morgan fingerprint density at radius 1 is 0.525 bits per heavy atom. The molecule has 20 heteroatoms. The van der Waals surface area contributed by atoms with E-state index in [-0.39, 0.29) is 72.6 Å². The van der Waals surface area contributed by atoms with E-state index in [0.717, 1.165) is 132 Å². The van der Waals surface area contributed by atoms with E-state index in [2.05, 4.69) is 85.3 Å². The Morgan fingerprint density at radius 3 is 1.48 bits per heavy atom. The summed E-state index contributed by atoms with van der Waals surface area (Å²) in [5, 5.41) is 54.5. The first kappa shape index (κ1) is 78.2. The molecule has 5 aliphatic rings. The number of nitrogens with zero attached hydrogens (tertiary/aromatic N) is 5. The number of hydrazine groups is 2. The highest BCUT2D eigenvalue weighted by atomic mass is 16.4. The molecule has 0 spiro atoms. The van der Waals surface area contributed by atoms with Gasteiger partial charge in [-0.25, -0.2) is 19.6 Å². The second kappa shape index (κ2) is 40.2. The van der Waals surface area contributed by atoms with E-state index >= 15 is 0 Å². The number of rotatable bonds is 28. The Hall–Kier alpha value is -8.14. The second-order valence-corrected chi connectivity index (χ2v) is 27.0. The Kier molecular flexibility index (Phi) is 31.8. The summed E-state index contributed by atoms with van der Waals surface area (Å²) in [5.74, 6) is -4.61. The standard InChI is InChI=1S/C24H31N3O3.C24H29NO3.C21H31N3O3.C10H17NO3/c1-3-22(14-13-19-9-5-4-6-10-19)25-18(2)24(30)27(17-23(28)29)26-15-20-11-7-8-12-21(20)16-26;1-2-19(14-12-17-8-4-3-5-9-17)25-22-15-13-18-10-6-7-11-20(18)21(24(22)28)16-23(26)27;1-2-17(13-12-16-8-4-3-5-9-16)22-18-10-6-14-23-15-7-11-19(21(26)27)24(23)20(18)25;1-3-7(2)9(12)11-6-4-5-8(11)10(13)14/h4-12,18,22,25H,3,13-17H2,1-2H3,(H,28,29);3-11,19,21-22,25H,2,12-16H2,1H3,(H,26,27);3-5,8-9,17-19,22H,2,6-7,10-15H2,1H3,(H,26,27);7-8H,3-6H2,1-2H3,(H,13,14). The Balaban J connectivity index is 0.000000191. The molecule has 3 fully saturated rings. The van der Waals surface area contributed by atoms with Crippen molar-refractivity contribution in [2.24, 2.45) is 5.92 Å². The van der Waals surface area contributed by atoms with Crippen molar-refractivity contribution in [1.29, 1.82) is 0 Å². The minimum atomic E-state index is -1.01. The van der Waals surface area contributed by atoms with Gasteiger partial charge in [-0.2, -0.15) is 0 Å². The van der Waals surface area contributed by atoms with E-state index in [4.69, 9.17) is 5.11 Å². The predicted molar refractivity (Wildman–Crippen MR) is 383 cm³/mol. The lowest BCUT2D eigenvalue weighted by molar-refractivity contribution is -0.174. The number of ketones is 1. The number of carbonyl (C=O) groups excluding carboxylic acids is 4. The molecule has 10 atom stereocenters. The van der Waals surface area contributed by atoms with Crippen LogP contribution in [-0.2, 0) is 77.1 Å². The highest BCUT2D eigenvalue weighted by molar-refractivity contribution is 5.94. The lowest BCUT2D eigenvalue weighted by Crippen LogP contribution is -2.61. The maximum absolute atomic E-state index is 13.2. The molecule has 1 aliphatic carbocycles. The summed E-state index contributed by atoms with van der Waals surface area (Å²) < 4.78 is 0. The average Bonchev–Trinajstić information content (AvgIpc) is 1.78. The maximum Gasteiger partial charge on any atom is 0.328 e. The van der Waals surface area contributed by atoms with Crippen molar-refractivity contribution in [1.82, 2.24) is 40.9 Å². The number of likely N-dealkylation sites (tertiary alicyclic amines) is 1. The Labute approximate surface area is 585 Å². The van der Waals surface area contributed by atoms with Gasteiger partial charge in [0.05, 0.1) is 30.5 Å². The highest BCUT2D eigenvalue weighted by Gasteiger charge is 2.43. The van der Waals surface area contributed by atoms with Crippen LogP contribution >= 0.6 is 0 Å². The molecule has 4 aliphatic heterocycles. The minimum Gasteiger partial charge on any atom is -0.481 e. The number of nitrogens with one attached hydrogen (secondary N) is 3. The van der Waals surface area contributed by atoms with Crippen molar-refractivity contribution < 1.29 is 58.8 Å². The van der Waals surface area contributed by atoms with E-state index in [1.165, 1.54) is 26.6 Å². The van der Waals surface area contributed by atoms with Crippen molar-refractivity contribution in [3.05, 3.63) is 178 Å². The van der Waals surface area contributed by atoms with E-state index in [1.807, 2.05) is 122 Å². The number of benzene rings is 5. The fraction of sp³-hybridized carbons (Fsp3) is 0.519. The predicted octanol–water partition coefficient (Wildman–Crippen LogP) is 10.9. The van der Waals surface area contributed by atoms with Crippen molar-refractivity contribution >= 4 is 47.4 Å². The summed E-state index contributed by atoms with van der Waals surface area (Å²) >= 11 is 0. The minimum absolute atomic E-state index is 0.0163. The van der Waals surface area contributed by atoms with Gasteiger partial charge in [-0.1, -0.05) is 174 Å². The van der Waals surface area contributed by atoms with Gasteiger partial charge in [-0.15, -0.1) is 0 Å². The first-order valence-corrected chi connectivity index (χ1v) is 36.2. The topological polar surface area (TPSA) is 270 Å². The number of amides is 3. The van der Waals surface area contributed by atoms with E-state index in [1.54, 1.807) is 5.01 Å². The number of hydrogen-bond donors (Lipinski definition) is 7. The number of aliphatic carboxylic acids is 4. The SMILES string of the molecule is CCC(C)C(=O)N1CCCC1C(=O)O.CCC(CCc1ccccc1)NC(C)C(=O)N(CC(=O)O)N1Cc2ccccc2C1.CCC(CCc1ccccc1)NC1CCCN2CCCC(C(=O)O)N2C1=O.CCC(CCc1ccccc1)NC1CCc2ccccc2C(CC(=O)O)C1=O. The van der Waals surface area contributed by atoms with Crippen LogP contribution in [0.1, 0.15) is 183 Å². The molecular weight excluding hydrogens is 1250 g/mol. The second-order valence-electron chi connectivity index (χ2n) is 27.0. The first-order valence-electron chi connectivity index (χ1n) is 36.2. The molecule has 3 amide bonds. The number of hydrogen-bond acceptors (Lipinski definition) is 13. The largest absolute Gasteiger partial charge is 0.481 e. The molecule has 10 rings (SSSR count). The third kappa shape index (κ3) is 23.5. The van der Waals surface area contributed by atoms with Crippen molar-refractivity contribution in [3.8, 4) is 0 Å². The zero-order valence-corrected chi connectivity index (χ0v) is 59.0. The van der Waals surface area contributed by atoms with Crippen LogP contribution in [0.25, 0.3) is 0 Å². The van der Waals surface area contributed by atoms with Crippen molar-refractivity contribution in [3.63, 3.8) is 0 Å². The van der Waals surface area contributed by atoms with Gasteiger partial charge in [0.2, 0.25) is 5.91 Å². The lowest BCUT2D eigenvalue weighted by atomic mass is 9.87. The fourth-order valence-electron chi connectivity index (χ4n) is 14.1. The van der Waals surface area contributed by atoms with Gasteiger partial charge in [0, 0.05) is 56.8 Å². The summed E-state index contributed by atoms with van der Waals surface area (Å²) in [6.07, 6.45) is 15.1. The van der Waals surface area contributed by atoms with E-state index in [9.17, 15) is 53.7 Å². The van der Waals surface area contributed by atoms with Crippen LogP contribution in [0, 0.1) is 5.92 Å². The first-order chi connectivity index (χ1) is 47.7. The Bertz CT molecular complexity index is 3350. The number of carbonyl (C=O) groups is 8. The maximum atomic E-state index is 13.2. The van der Waals surface area contributed by atoms with Gasteiger partial charge in [-0.3, -0.25) is 38.8 Å².